The fourth-order valence-corrected chi connectivity index (χ4v) is 5.59. The van der Waals surface area contributed by atoms with Gasteiger partial charge in [-0.05, 0) is 42.4 Å². The number of hydrogen-bond acceptors (Lipinski definition) is 8. The Morgan fingerprint density at radius 2 is 1.87 bits per heavy atom. The van der Waals surface area contributed by atoms with Crippen molar-refractivity contribution in [1.29, 1.82) is 0 Å². The maximum absolute atomic E-state index is 13.2. The first kappa shape index (κ1) is 27.8. The number of carbonyl (C=O) groups excluding carboxylic acids is 1. The van der Waals surface area contributed by atoms with Crippen LogP contribution < -0.4 is 0 Å². The number of unbranched alkanes of at least 4 members (excludes halogenated alkanes) is 1. The number of ether oxygens (including phenoxy) is 1. The molecule has 2 aromatic heterocycles. The van der Waals surface area contributed by atoms with Gasteiger partial charge in [-0.15, -0.1) is 10.2 Å². The smallest absolute Gasteiger partial charge is 0.333 e. The van der Waals surface area contributed by atoms with Gasteiger partial charge >= 0.3 is 5.97 Å². The summed E-state index contributed by atoms with van der Waals surface area (Å²) in [5.41, 5.74) is 3.34. The zero-order chi connectivity index (χ0) is 27.3. The highest BCUT2D eigenvalue weighted by molar-refractivity contribution is 7.80. The van der Waals surface area contributed by atoms with Crippen LogP contribution in [-0.2, 0) is 28.0 Å². The van der Waals surface area contributed by atoms with Crippen molar-refractivity contribution in [3.05, 3.63) is 70.8 Å². The van der Waals surface area contributed by atoms with Crippen molar-refractivity contribution in [1.82, 2.24) is 35.1 Å². The molecule has 0 saturated carbocycles. The molecule has 0 bridgehead atoms. The molecule has 0 spiro atoms. The second-order valence-corrected chi connectivity index (χ2v) is 9.91. The number of aromatic amines is 1. The van der Waals surface area contributed by atoms with Crippen LogP contribution in [-0.4, -0.2) is 68.0 Å². The molecule has 0 radical (unpaired) electrons. The van der Waals surface area contributed by atoms with Gasteiger partial charge in [0.15, 0.2) is 10.7 Å². The van der Waals surface area contributed by atoms with Gasteiger partial charge in [-0.2, -0.15) is 17.8 Å². The molecule has 4 aromatic rings. The van der Waals surface area contributed by atoms with Crippen molar-refractivity contribution in [3.63, 3.8) is 0 Å². The maximum atomic E-state index is 13.2. The number of nitrogens with zero attached hydrogens (tertiary/aromatic N) is 6. The van der Waals surface area contributed by atoms with E-state index in [1.54, 1.807) is 4.90 Å². The van der Waals surface area contributed by atoms with Crippen LogP contribution in [0.2, 0.25) is 5.15 Å². The van der Waals surface area contributed by atoms with Crippen LogP contribution >= 0.6 is 24.2 Å². The van der Waals surface area contributed by atoms with Crippen LogP contribution in [0.15, 0.2) is 48.5 Å². The average Bonchev–Trinajstić information content (AvgIpc) is 3.57. The Kier molecular flexibility index (Phi) is 8.86. The fourth-order valence-electron chi connectivity index (χ4n) is 4.68. The molecule has 11 heteroatoms. The number of imidazole rings is 1. The first-order chi connectivity index (χ1) is 18.4. The number of nitrogens with one attached hydrogen (secondary N) is 1. The highest BCUT2D eigenvalue weighted by atomic mass is 35.5. The molecule has 0 aliphatic rings. The van der Waals surface area contributed by atoms with Gasteiger partial charge in [0.05, 0.1) is 12.8 Å². The van der Waals surface area contributed by atoms with Crippen molar-refractivity contribution < 1.29 is 9.53 Å². The lowest BCUT2D eigenvalue weighted by Crippen LogP contribution is -2.52. The molecule has 200 valence electrons. The molecule has 38 heavy (non-hydrogen) atoms. The summed E-state index contributed by atoms with van der Waals surface area (Å²) in [7, 11) is 5.02. The largest absolute Gasteiger partial charge is 0.467 e. The molecule has 2 aromatic carbocycles. The summed E-state index contributed by atoms with van der Waals surface area (Å²) >= 11 is 11.3. The number of benzene rings is 2. The van der Waals surface area contributed by atoms with Gasteiger partial charge in [-0.25, -0.2) is 9.78 Å². The molecular weight excluding hydrogens is 522 g/mol. The van der Waals surface area contributed by atoms with E-state index in [4.69, 9.17) is 21.3 Å². The minimum Gasteiger partial charge on any atom is -0.467 e. The van der Waals surface area contributed by atoms with Crippen LogP contribution in [0.4, 0.5) is 0 Å². The van der Waals surface area contributed by atoms with Gasteiger partial charge < -0.3 is 9.30 Å². The van der Waals surface area contributed by atoms with E-state index in [1.165, 1.54) is 7.11 Å². The van der Waals surface area contributed by atoms with Gasteiger partial charge in [0.1, 0.15) is 5.82 Å². The number of likely N-dealkylation sites (N-methyl/N-ethyl adjacent to an activating group) is 1. The van der Waals surface area contributed by atoms with Gasteiger partial charge in [-0.3, -0.25) is 4.90 Å². The number of carbonyl (C=O) groups is 1. The van der Waals surface area contributed by atoms with Crippen molar-refractivity contribution >= 4 is 30.2 Å². The van der Waals surface area contributed by atoms with Gasteiger partial charge in [-0.1, -0.05) is 73.5 Å². The Morgan fingerprint density at radius 1 is 1.16 bits per heavy atom. The quantitative estimate of drug-likeness (QED) is 0.206. The molecule has 9 nitrogen and oxygen atoms in total. The second kappa shape index (κ2) is 12.1. The molecule has 0 amide bonds. The van der Waals surface area contributed by atoms with E-state index >= 15 is 0 Å². The molecule has 1 N–H and O–H groups in total. The number of methoxy groups -OCH3 is 1. The topological polar surface area (TPSA) is 102 Å². The lowest BCUT2D eigenvalue weighted by atomic mass is 9.95. The average molecular weight is 554 g/mol. The summed E-state index contributed by atoms with van der Waals surface area (Å²) in [5.74, 6) is 1.11. The number of halogens is 1. The number of aryl methyl sites for hydroxylation is 1. The van der Waals surface area contributed by atoms with E-state index < -0.39 is 11.5 Å². The molecule has 2 heterocycles. The fraction of sp³-hybridized carbons (Fsp3) is 0.370. The standard InChI is InChI=1S/C27H32ClN7O2S/c1-5-6-11-22-29-24(28)23(27(17-38,34(2)3)26(36)37-4)35(22)16-18-12-14-19(15-13-18)20-9-7-8-10-21(20)25-30-32-33-31-25/h7-10,12-15,38H,5-6,11,16-17H2,1-4H3,(H,30,31,32,33)/t27-/m0/s1. The summed E-state index contributed by atoms with van der Waals surface area (Å²) < 4.78 is 7.28. The molecule has 1 atom stereocenters. The summed E-state index contributed by atoms with van der Waals surface area (Å²) in [4.78, 5) is 19.7. The molecule has 0 unspecified atom stereocenters. The minimum atomic E-state index is -1.20. The minimum absolute atomic E-state index is 0.178. The lowest BCUT2D eigenvalue weighted by molar-refractivity contribution is -0.153. The van der Waals surface area contributed by atoms with Crippen LogP contribution in [0.1, 0.15) is 36.8 Å². The molecule has 0 aliphatic carbocycles. The Hall–Kier alpha value is -3.21. The number of esters is 1. The van der Waals surface area contributed by atoms with Crippen molar-refractivity contribution in [2.24, 2.45) is 0 Å². The Balaban J connectivity index is 1.76. The molecular formula is C27H32ClN7O2S. The predicted octanol–water partition coefficient (Wildman–Crippen LogP) is 4.63. The molecule has 0 fully saturated rings. The van der Waals surface area contributed by atoms with E-state index in [2.05, 4.69) is 64.4 Å². The number of thiol groups is 1. The maximum Gasteiger partial charge on any atom is 0.333 e. The Morgan fingerprint density at radius 3 is 2.45 bits per heavy atom. The number of hydrogen-bond donors (Lipinski definition) is 2. The zero-order valence-corrected chi connectivity index (χ0v) is 23.6. The number of H-pyrrole nitrogens is 1. The first-order valence-corrected chi connectivity index (χ1v) is 13.4. The van der Waals surface area contributed by atoms with E-state index in [0.717, 1.165) is 47.3 Å². The van der Waals surface area contributed by atoms with Crippen molar-refractivity contribution in [3.8, 4) is 22.5 Å². The Labute approximate surface area is 233 Å². The monoisotopic (exact) mass is 553 g/mol. The number of aromatic nitrogens is 6. The third-order valence-electron chi connectivity index (χ3n) is 6.78. The van der Waals surface area contributed by atoms with Crippen molar-refractivity contribution in [2.45, 2.75) is 38.3 Å². The van der Waals surface area contributed by atoms with Gasteiger partial charge in [0, 0.05) is 24.3 Å². The zero-order valence-electron chi connectivity index (χ0n) is 22.0. The highest BCUT2D eigenvalue weighted by Gasteiger charge is 2.47. The highest BCUT2D eigenvalue weighted by Crippen LogP contribution is 2.37. The third-order valence-corrected chi connectivity index (χ3v) is 7.51. The van der Waals surface area contributed by atoms with E-state index in [-0.39, 0.29) is 10.9 Å². The first-order valence-electron chi connectivity index (χ1n) is 12.4. The van der Waals surface area contributed by atoms with E-state index in [1.807, 2.05) is 42.9 Å². The van der Waals surface area contributed by atoms with Crippen LogP contribution in [0, 0.1) is 0 Å². The normalized spacial score (nSPS) is 13.0. The van der Waals surface area contributed by atoms with Crippen LogP contribution in [0.5, 0.6) is 0 Å². The second-order valence-electron chi connectivity index (χ2n) is 9.24. The summed E-state index contributed by atoms with van der Waals surface area (Å²) in [5, 5.41) is 14.8. The molecule has 0 saturated heterocycles. The Bertz CT molecular complexity index is 1370. The van der Waals surface area contributed by atoms with Gasteiger partial charge in [0.2, 0.25) is 5.82 Å². The SMILES string of the molecule is CCCCc1nc(Cl)c([C@@](CS)(C(=O)OC)N(C)C)n1Cc1ccc(-c2ccccc2-c2nn[nH]n2)cc1. The summed E-state index contributed by atoms with van der Waals surface area (Å²) in [6, 6.07) is 16.2. The predicted molar refractivity (Wildman–Crippen MR) is 151 cm³/mol. The summed E-state index contributed by atoms with van der Waals surface area (Å²) in [6.45, 7) is 2.62. The number of tetrazole rings is 1. The van der Waals surface area contributed by atoms with Crippen LogP contribution in [0.25, 0.3) is 22.5 Å². The van der Waals surface area contributed by atoms with Gasteiger partial charge in [0.25, 0.3) is 0 Å². The van der Waals surface area contributed by atoms with E-state index in [0.29, 0.717) is 18.1 Å². The molecule has 4 rings (SSSR count). The third kappa shape index (κ3) is 5.21. The number of rotatable bonds is 11. The van der Waals surface area contributed by atoms with Crippen molar-refractivity contribution in [2.75, 3.05) is 27.0 Å². The lowest BCUT2D eigenvalue weighted by Gasteiger charge is -2.36. The summed E-state index contributed by atoms with van der Waals surface area (Å²) in [6.07, 6.45) is 2.70. The molecule has 0 aliphatic heterocycles. The van der Waals surface area contributed by atoms with E-state index in [9.17, 15) is 4.79 Å². The van der Waals surface area contributed by atoms with Crippen LogP contribution in [0.3, 0.4) is 0 Å².